The molecule has 29 heavy (non-hydrogen) atoms. The normalized spacial score (nSPS) is 15.8. The molecule has 0 unspecified atom stereocenters. The van der Waals surface area contributed by atoms with Gasteiger partial charge in [-0.1, -0.05) is 6.07 Å². The summed E-state index contributed by atoms with van der Waals surface area (Å²) in [7, 11) is 1.73. The minimum Gasteiger partial charge on any atom is -0.493 e. The van der Waals surface area contributed by atoms with Gasteiger partial charge in [0.2, 0.25) is 10.0 Å². The number of methoxy groups -OCH3 is 2. The van der Waals surface area contributed by atoms with Gasteiger partial charge in [0.1, 0.15) is 10.7 Å². The van der Waals surface area contributed by atoms with Crippen molar-refractivity contribution in [3.05, 3.63) is 42.1 Å². The summed E-state index contributed by atoms with van der Waals surface area (Å²) in [6.45, 7) is 3.15. The Morgan fingerprint density at radius 2 is 1.76 bits per heavy atom. The molecule has 1 saturated heterocycles. The van der Waals surface area contributed by atoms with Crippen molar-refractivity contribution in [3.8, 4) is 11.5 Å². The fourth-order valence-corrected chi connectivity index (χ4v) is 4.55. The maximum Gasteiger partial charge on any atom is 0.244 e. The zero-order valence-corrected chi connectivity index (χ0v) is 17.9. The molecule has 2 aromatic rings. The molecule has 1 N–H and O–H groups in total. The number of nitrogens with zero attached hydrogens (tertiary/aromatic N) is 3. The largest absolute Gasteiger partial charge is 0.493 e. The van der Waals surface area contributed by atoms with Crippen LogP contribution in [0.3, 0.4) is 0 Å². The minimum absolute atomic E-state index is 0.229. The first-order valence-electron chi connectivity index (χ1n) is 9.53. The highest BCUT2D eigenvalue weighted by atomic mass is 32.2. The summed E-state index contributed by atoms with van der Waals surface area (Å²) in [6, 6.07) is 9.13. The first-order valence-corrected chi connectivity index (χ1v) is 11.0. The monoisotopic (exact) mass is 420 g/mol. The Hall–Kier alpha value is -2.36. The maximum absolute atomic E-state index is 12.7. The van der Waals surface area contributed by atoms with Crippen molar-refractivity contribution in [3.63, 3.8) is 0 Å². The average Bonchev–Trinajstić information content (AvgIpc) is 2.74. The van der Waals surface area contributed by atoms with Crippen molar-refractivity contribution in [1.82, 2.24) is 14.2 Å². The van der Waals surface area contributed by atoms with Crippen LogP contribution < -0.4 is 14.8 Å². The molecular formula is C20H28N4O4S. The number of aromatic nitrogens is 1. The van der Waals surface area contributed by atoms with Gasteiger partial charge in [-0.05, 0) is 43.3 Å². The zero-order valence-electron chi connectivity index (χ0n) is 17.1. The third kappa shape index (κ3) is 5.17. The highest BCUT2D eigenvalue weighted by Crippen LogP contribution is 2.27. The lowest BCUT2D eigenvalue weighted by Crippen LogP contribution is -2.47. The number of anilines is 1. The van der Waals surface area contributed by atoms with E-state index in [0.29, 0.717) is 37.0 Å². The van der Waals surface area contributed by atoms with Crippen LogP contribution in [0, 0.1) is 0 Å². The molecule has 158 valence electrons. The number of piperazine rings is 1. The number of hydrogen-bond acceptors (Lipinski definition) is 7. The number of ether oxygens (including phenoxy) is 2. The van der Waals surface area contributed by atoms with E-state index in [4.69, 9.17) is 9.47 Å². The Kier molecular flexibility index (Phi) is 6.94. The number of rotatable bonds is 8. The van der Waals surface area contributed by atoms with Crippen LogP contribution in [0.5, 0.6) is 11.5 Å². The van der Waals surface area contributed by atoms with E-state index in [2.05, 4.69) is 15.2 Å². The van der Waals surface area contributed by atoms with Crippen LogP contribution in [0.1, 0.15) is 5.56 Å². The Morgan fingerprint density at radius 1 is 1.03 bits per heavy atom. The van der Waals surface area contributed by atoms with E-state index >= 15 is 0 Å². The second-order valence-electron chi connectivity index (χ2n) is 6.95. The molecule has 0 spiro atoms. The molecule has 1 aromatic heterocycles. The summed E-state index contributed by atoms with van der Waals surface area (Å²) in [5.74, 6) is 2.03. The quantitative estimate of drug-likeness (QED) is 0.696. The molecule has 9 heteroatoms. The molecule has 1 aliphatic heterocycles. The van der Waals surface area contributed by atoms with Crippen LogP contribution in [0.15, 0.2) is 41.4 Å². The molecule has 1 aromatic carbocycles. The Bertz CT molecular complexity index is 911. The first-order chi connectivity index (χ1) is 13.9. The highest BCUT2D eigenvalue weighted by Gasteiger charge is 2.27. The predicted molar refractivity (Wildman–Crippen MR) is 112 cm³/mol. The highest BCUT2D eigenvalue weighted by molar-refractivity contribution is 7.89. The molecular weight excluding hydrogens is 392 g/mol. The first kappa shape index (κ1) is 21.4. The van der Waals surface area contributed by atoms with Crippen LogP contribution in [-0.2, 0) is 16.4 Å². The molecule has 3 rings (SSSR count). The van der Waals surface area contributed by atoms with Gasteiger partial charge in [0, 0.05) is 38.9 Å². The molecule has 0 saturated carbocycles. The Morgan fingerprint density at radius 3 is 2.38 bits per heavy atom. The van der Waals surface area contributed by atoms with Crippen molar-refractivity contribution in [2.45, 2.75) is 11.3 Å². The number of hydrogen-bond donors (Lipinski definition) is 1. The lowest BCUT2D eigenvalue weighted by Gasteiger charge is -2.31. The Labute approximate surface area is 172 Å². The van der Waals surface area contributed by atoms with E-state index < -0.39 is 10.0 Å². The molecule has 2 heterocycles. The molecule has 0 radical (unpaired) electrons. The molecule has 0 atom stereocenters. The third-order valence-electron chi connectivity index (χ3n) is 5.00. The van der Waals surface area contributed by atoms with Gasteiger partial charge in [-0.3, -0.25) is 0 Å². The van der Waals surface area contributed by atoms with E-state index in [1.165, 1.54) is 10.5 Å². The summed E-state index contributed by atoms with van der Waals surface area (Å²) in [5.41, 5.74) is 1.10. The van der Waals surface area contributed by atoms with Gasteiger partial charge in [0.15, 0.2) is 11.5 Å². The predicted octanol–water partition coefficient (Wildman–Crippen LogP) is 1.69. The van der Waals surface area contributed by atoms with Crippen LogP contribution in [0.25, 0.3) is 0 Å². The fourth-order valence-electron chi connectivity index (χ4n) is 3.19. The average molecular weight is 421 g/mol. The summed E-state index contributed by atoms with van der Waals surface area (Å²) < 4.78 is 37.6. The van der Waals surface area contributed by atoms with Crippen LogP contribution in [0.2, 0.25) is 0 Å². The van der Waals surface area contributed by atoms with Gasteiger partial charge >= 0.3 is 0 Å². The summed E-state index contributed by atoms with van der Waals surface area (Å²) >= 11 is 0. The van der Waals surface area contributed by atoms with E-state index in [9.17, 15) is 8.42 Å². The van der Waals surface area contributed by atoms with Crippen molar-refractivity contribution < 1.29 is 17.9 Å². The van der Waals surface area contributed by atoms with E-state index in [1.807, 2.05) is 25.2 Å². The lowest BCUT2D eigenvalue weighted by atomic mass is 10.1. The molecule has 0 aliphatic carbocycles. The standard InChI is InChI=1S/C20H28N4O4S/c1-23-10-12-24(13-11-23)29(25,26)17-5-7-20(22-15-17)21-9-8-16-4-6-18(27-2)19(14-16)28-3/h4-7,14-15H,8-13H2,1-3H3,(H,21,22). The summed E-state index contributed by atoms with van der Waals surface area (Å²) in [6.07, 6.45) is 2.19. The summed E-state index contributed by atoms with van der Waals surface area (Å²) in [5, 5.41) is 3.22. The number of sulfonamides is 1. The van der Waals surface area contributed by atoms with Crippen molar-refractivity contribution in [1.29, 1.82) is 0 Å². The van der Waals surface area contributed by atoms with Crippen LogP contribution in [-0.4, -0.2) is 76.6 Å². The van der Waals surface area contributed by atoms with E-state index in [0.717, 1.165) is 25.1 Å². The van der Waals surface area contributed by atoms with Crippen molar-refractivity contribution in [2.75, 3.05) is 59.3 Å². The number of nitrogens with one attached hydrogen (secondary N) is 1. The maximum atomic E-state index is 12.7. The lowest BCUT2D eigenvalue weighted by molar-refractivity contribution is 0.222. The third-order valence-corrected chi connectivity index (χ3v) is 6.89. The summed E-state index contributed by atoms with van der Waals surface area (Å²) in [4.78, 5) is 6.62. The number of likely N-dealkylation sites (N-methyl/N-ethyl adjacent to an activating group) is 1. The zero-order chi connectivity index (χ0) is 20.9. The second kappa shape index (κ2) is 9.43. The topological polar surface area (TPSA) is 84.0 Å². The van der Waals surface area contributed by atoms with Crippen LogP contribution >= 0.6 is 0 Å². The number of benzene rings is 1. The van der Waals surface area contributed by atoms with E-state index in [1.54, 1.807) is 26.4 Å². The van der Waals surface area contributed by atoms with Gasteiger partial charge in [-0.15, -0.1) is 0 Å². The molecule has 0 amide bonds. The van der Waals surface area contributed by atoms with Crippen molar-refractivity contribution >= 4 is 15.8 Å². The molecule has 1 fully saturated rings. The number of pyridine rings is 1. The smallest absolute Gasteiger partial charge is 0.244 e. The van der Waals surface area contributed by atoms with Gasteiger partial charge in [-0.2, -0.15) is 4.31 Å². The van der Waals surface area contributed by atoms with Gasteiger partial charge < -0.3 is 19.7 Å². The second-order valence-corrected chi connectivity index (χ2v) is 8.89. The Balaban J connectivity index is 1.57. The molecule has 1 aliphatic rings. The van der Waals surface area contributed by atoms with Gasteiger partial charge in [-0.25, -0.2) is 13.4 Å². The van der Waals surface area contributed by atoms with Gasteiger partial charge in [0.05, 0.1) is 14.2 Å². The van der Waals surface area contributed by atoms with Crippen LogP contribution in [0.4, 0.5) is 5.82 Å². The fraction of sp³-hybridized carbons (Fsp3) is 0.450. The minimum atomic E-state index is -3.49. The molecule has 8 nitrogen and oxygen atoms in total. The van der Waals surface area contributed by atoms with E-state index in [-0.39, 0.29) is 4.90 Å². The van der Waals surface area contributed by atoms with Gasteiger partial charge in [0.25, 0.3) is 0 Å². The molecule has 0 bridgehead atoms. The SMILES string of the molecule is COc1ccc(CCNc2ccc(S(=O)(=O)N3CCN(C)CC3)cn2)cc1OC. The van der Waals surface area contributed by atoms with Crippen molar-refractivity contribution in [2.24, 2.45) is 0 Å².